The van der Waals surface area contributed by atoms with Crippen LogP contribution in [0.4, 0.5) is 17.1 Å². The fourth-order valence-corrected chi connectivity index (χ4v) is 1.89. The Balaban J connectivity index is 1.92. The Labute approximate surface area is 105 Å². The van der Waals surface area contributed by atoms with Gasteiger partial charge in [-0.1, -0.05) is 6.07 Å². The highest BCUT2D eigenvalue weighted by Crippen LogP contribution is 2.21. The molecule has 0 unspecified atom stereocenters. The summed E-state index contributed by atoms with van der Waals surface area (Å²) in [7, 11) is 0. The maximum atomic E-state index is 5.66. The van der Waals surface area contributed by atoms with E-state index < -0.39 is 0 Å². The third-order valence-corrected chi connectivity index (χ3v) is 2.80. The number of nitrogens with zero attached hydrogens (tertiary/aromatic N) is 1. The number of benzene rings is 2. The van der Waals surface area contributed by atoms with Crippen LogP contribution >= 0.6 is 0 Å². The lowest BCUT2D eigenvalue weighted by Crippen LogP contribution is -1.91. The van der Waals surface area contributed by atoms with Crippen LogP contribution in [0.25, 0.3) is 10.9 Å². The van der Waals surface area contributed by atoms with E-state index in [1.165, 1.54) is 0 Å². The van der Waals surface area contributed by atoms with Crippen molar-refractivity contribution in [2.45, 2.75) is 0 Å². The average Bonchev–Trinajstić information content (AvgIpc) is 2.41. The lowest BCUT2D eigenvalue weighted by Gasteiger charge is -2.07. The Hall–Kier alpha value is -2.55. The summed E-state index contributed by atoms with van der Waals surface area (Å²) < 4.78 is 0. The monoisotopic (exact) mass is 235 g/mol. The van der Waals surface area contributed by atoms with Gasteiger partial charge in [-0.05, 0) is 48.5 Å². The molecule has 3 heteroatoms. The van der Waals surface area contributed by atoms with E-state index >= 15 is 0 Å². The first-order valence-electron chi connectivity index (χ1n) is 5.79. The predicted molar refractivity (Wildman–Crippen MR) is 75.9 cm³/mol. The van der Waals surface area contributed by atoms with E-state index in [4.69, 9.17) is 5.73 Å². The van der Waals surface area contributed by atoms with Crippen molar-refractivity contribution in [3.05, 3.63) is 60.8 Å². The highest BCUT2D eigenvalue weighted by molar-refractivity contribution is 5.83. The summed E-state index contributed by atoms with van der Waals surface area (Å²) in [6.45, 7) is 0. The number of rotatable bonds is 2. The highest BCUT2D eigenvalue weighted by Gasteiger charge is 1.97. The standard InChI is InChI=1S/C15H13N3/c16-12-3-5-13(6-4-12)18-14-7-8-15-11(10-14)2-1-9-17-15/h1-10,18H,16H2. The average molecular weight is 235 g/mol. The van der Waals surface area contributed by atoms with E-state index in [0.717, 1.165) is 28.0 Å². The predicted octanol–water partition coefficient (Wildman–Crippen LogP) is 3.56. The lowest BCUT2D eigenvalue weighted by molar-refractivity contribution is 1.41. The molecular formula is C15H13N3. The number of aromatic nitrogens is 1. The van der Waals surface area contributed by atoms with Gasteiger partial charge in [0.1, 0.15) is 0 Å². The van der Waals surface area contributed by atoms with Crippen molar-refractivity contribution in [1.29, 1.82) is 0 Å². The van der Waals surface area contributed by atoms with Crippen molar-refractivity contribution < 1.29 is 0 Å². The molecule has 88 valence electrons. The van der Waals surface area contributed by atoms with E-state index in [0.29, 0.717) is 0 Å². The van der Waals surface area contributed by atoms with E-state index in [9.17, 15) is 0 Å². The van der Waals surface area contributed by atoms with Gasteiger partial charge >= 0.3 is 0 Å². The molecule has 2 aromatic carbocycles. The van der Waals surface area contributed by atoms with Crippen LogP contribution in [0.3, 0.4) is 0 Å². The molecule has 0 spiro atoms. The van der Waals surface area contributed by atoms with Gasteiger partial charge in [0.25, 0.3) is 0 Å². The number of anilines is 3. The number of hydrogen-bond donors (Lipinski definition) is 2. The molecule has 0 bridgehead atoms. The second-order valence-corrected chi connectivity index (χ2v) is 4.16. The van der Waals surface area contributed by atoms with Crippen LogP contribution in [0.1, 0.15) is 0 Å². The molecule has 0 saturated heterocycles. The van der Waals surface area contributed by atoms with Crippen molar-refractivity contribution in [2.24, 2.45) is 0 Å². The minimum absolute atomic E-state index is 0.767. The van der Waals surface area contributed by atoms with Crippen LogP contribution < -0.4 is 11.1 Å². The molecule has 1 heterocycles. The molecular weight excluding hydrogens is 222 g/mol. The molecule has 0 aliphatic carbocycles. The summed E-state index contributed by atoms with van der Waals surface area (Å²) in [5.41, 5.74) is 9.49. The summed E-state index contributed by atoms with van der Waals surface area (Å²) in [4.78, 5) is 4.30. The minimum Gasteiger partial charge on any atom is -0.399 e. The second kappa shape index (κ2) is 4.37. The molecule has 0 fully saturated rings. The SMILES string of the molecule is Nc1ccc(Nc2ccc3ncccc3c2)cc1. The van der Waals surface area contributed by atoms with E-state index in [1.807, 2.05) is 42.5 Å². The zero-order chi connectivity index (χ0) is 12.4. The van der Waals surface area contributed by atoms with Crippen molar-refractivity contribution >= 4 is 28.0 Å². The van der Waals surface area contributed by atoms with Gasteiger partial charge in [-0.2, -0.15) is 0 Å². The number of hydrogen-bond acceptors (Lipinski definition) is 3. The van der Waals surface area contributed by atoms with Crippen LogP contribution in [0.2, 0.25) is 0 Å². The van der Waals surface area contributed by atoms with Gasteiger partial charge in [0.2, 0.25) is 0 Å². The van der Waals surface area contributed by atoms with Crippen molar-refractivity contribution in [3.8, 4) is 0 Å². The number of pyridine rings is 1. The first-order chi connectivity index (χ1) is 8.81. The van der Waals surface area contributed by atoms with E-state index in [1.54, 1.807) is 6.20 Å². The highest BCUT2D eigenvalue weighted by atomic mass is 14.9. The Morgan fingerprint density at radius 3 is 2.50 bits per heavy atom. The zero-order valence-electron chi connectivity index (χ0n) is 9.80. The maximum Gasteiger partial charge on any atom is 0.0703 e. The second-order valence-electron chi connectivity index (χ2n) is 4.16. The summed E-state index contributed by atoms with van der Waals surface area (Å²) >= 11 is 0. The zero-order valence-corrected chi connectivity index (χ0v) is 9.80. The molecule has 3 N–H and O–H groups in total. The van der Waals surface area contributed by atoms with Crippen molar-refractivity contribution in [2.75, 3.05) is 11.1 Å². The van der Waals surface area contributed by atoms with Crippen molar-refractivity contribution in [1.82, 2.24) is 4.98 Å². The Morgan fingerprint density at radius 2 is 1.67 bits per heavy atom. The quantitative estimate of drug-likeness (QED) is 0.668. The van der Waals surface area contributed by atoms with Gasteiger partial charge in [-0.15, -0.1) is 0 Å². The minimum atomic E-state index is 0.767. The fourth-order valence-electron chi connectivity index (χ4n) is 1.89. The van der Waals surface area contributed by atoms with Gasteiger partial charge < -0.3 is 11.1 Å². The molecule has 0 atom stereocenters. The molecule has 3 aromatic rings. The third-order valence-electron chi connectivity index (χ3n) is 2.80. The smallest absolute Gasteiger partial charge is 0.0703 e. The summed E-state index contributed by atoms with van der Waals surface area (Å²) in [6, 6.07) is 17.8. The molecule has 18 heavy (non-hydrogen) atoms. The Morgan fingerprint density at radius 1 is 0.889 bits per heavy atom. The molecule has 0 aliphatic rings. The fraction of sp³-hybridized carbons (Fsp3) is 0. The number of nitrogens with two attached hydrogens (primary N) is 1. The van der Waals surface area contributed by atoms with Gasteiger partial charge in [0, 0.05) is 28.6 Å². The summed E-state index contributed by atoms with van der Waals surface area (Å²) in [6.07, 6.45) is 1.80. The normalized spacial score (nSPS) is 10.4. The molecule has 1 aromatic heterocycles. The van der Waals surface area contributed by atoms with Gasteiger partial charge in [-0.25, -0.2) is 0 Å². The number of nitrogens with one attached hydrogen (secondary N) is 1. The van der Waals surface area contributed by atoms with Gasteiger partial charge in [0.15, 0.2) is 0 Å². The van der Waals surface area contributed by atoms with Crippen LogP contribution in [0.5, 0.6) is 0 Å². The molecule has 0 saturated carbocycles. The molecule has 3 nitrogen and oxygen atoms in total. The maximum absolute atomic E-state index is 5.66. The lowest BCUT2D eigenvalue weighted by atomic mass is 10.2. The summed E-state index contributed by atoms with van der Waals surface area (Å²) in [5.74, 6) is 0. The van der Waals surface area contributed by atoms with Crippen molar-refractivity contribution in [3.63, 3.8) is 0 Å². The third kappa shape index (κ3) is 2.11. The van der Waals surface area contributed by atoms with Gasteiger partial charge in [0.05, 0.1) is 5.52 Å². The van der Waals surface area contributed by atoms with E-state index in [2.05, 4.69) is 22.4 Å². The van der Waals surface area contributed by atoms with Crippen LogP contribution in [-0.2, 0) is 0 Å². The van der Waals surface area contributed by atoms with Crippen LogP contribution in [-0.4, -0.2) is 4.98 Å². The first-order valence-corrected chi connectivity index (χ1v) is 5.79. The molecule has 0 amide bonds. The van der Waals surface area contributed by atoms with Crippen LogP contribution in [0, 0.1) is 0 Å². The topological polar surface area (TPSA) is 50.9 Å². The van der Waals surface area contributed by atoms with Gasteiger partial charge in [-0.3, -0.25) is 4.98 Å². The molecule has 0 aliphatic heterocycles. The van der Waals surface area contributed by atoms with Crippen LogP contribution in [0.15, 0.2) is 60.8 Å². The number of fused-ring (bicyclic) bond motifs is 1. The number of nitrogen functional groups attached to an aromatic ring is 1. The van der Waals surface area contributed by atoms with E-state index in [-0.39, 0.29) is 0 Å². The first kappa shape index (κ1) is 10.6. The Kier molecular flexibility index (Phi) is 2.57. The largest absolute Gasteiger partial charge is 0.399 e. The summed E-state index contributed by atoms with van der Waals surface area (Å²) in [5, 5.41) is 4.46. The Bertz CT molecular complexity index is 675. The molecule has 3 rings (SSSR count). The molecule has 0 radical (unpaired) electrons.